The van der Waals surface area contributed by atoms with Crippen LogP contribution in [0.5, 0.6) is 0 Å². The Labute approximate surface area is 155 Å². The number of hydrogen-bond donors (Lipinski definition) is 3. The van der Waals surface area contributed by atoms with Gasteiger partial charge < -0.3 is 16.0 Å². The number of nitrogens with zero attached hydrogens (tertiary/aromatic N) is 2. The SMILES string of the molecule is CN=C(NCCNC(=O)c1cccnc1)NC1CCCCC1.I. The first-order valence-electron chi connectivity index (χ1n) is 7.95. The van der Waals surface area contributed by atoms with Crippen LogP contribution in [0, 0.1) is 0 Å². The van der Waals surface area contributed by atoms with Gasteiger partial charge in [0.1, 0.15) is 0 Å². The molecule has 0 spiro atoms. The van der Waals surface area contributed by atoms with Gasteiger partial charge >= 0.3 is 0 Å². The van der Waals surface area contributed by atoms with Gasteiger partial charge in [-0.25, -0.2) is 0 Å². The van der Waals surface area contributed by atoms with Gasteiger partial charge in [0.2, 0.25) is 0 Å². The van der Waals surface area contributed by atoms with Crippen LogP contribution in [0.15, 0.2) is 29.5 Å². The van der Waals surface area contributed by atoms with Crippen LogP contribution in [0.25, 0.3) is 0 Å². The summed E-state index contributed by atoms with van der Waals surface area (Å²) >= 11 is 0. The minimum absolute atomic E-state index is 0. The maximum absolute atomic E-state index is 11.9. The maximum atomic E-state index is 11.9. The summed E-state index contributed by atoms with van der Waals surface area (Å²) in [5.41, 5.74) is 0.576. The Kier molecular flexibility index (Phi) is 9.58. The zero-order chi connectivity index (χ0) is 15.6. The highest BCUT2D eigenvalue weighted by atomic mass is 127. The normalized spacial score (nSPS) is 15.4. The van der Waals surface area contributed by atoms with Crippen molar-refractivity contribution in [2.45, 2.75) is 38.1 Å². The lowest BCUT2D eigenvalue weighted by Crippen LogP contribution is -2.46. The predicted octanol–water partition coefficient (Wildman–Crippen LogP) is 1.93. The van der Waals surface area contributed by atoms with Crippen molar-refractivity contribution in [2.75, 3.05) is 20.1 Å². The number of aliphatic imine (C=N–C) groups is 1. The minimum Gasteiger partial charge on any atom is -0.355 e. The van der Waals surface area contributed by atoms with E-state index < -0.39 is 0 Å². The molecular formula is C16H26IN5O. The molecule has 1 aliphatic carbocycles. The van der Waals surface area contributed by atoms with Gasteiger partial charge in [0.15, 0.2) is 5.96 Å². The first-order chi connectivity index (χ1) is 10.8. The summed E-state index contributed by atoms with van der Waals surface area (Å²) < 4.78 is 0. The first-order valence-corrected chi connectivity index (χ1v) is 7.95. The third-order valence-electron chi connectivity index (χ3n) is 3.80. The fourth-order valence-corrected chi connectivity index (χ4v) is 2.59. The molecule has 7 heteroatoms. The van der Waals surface area contributed by atoms with Crippen LogP contribution in [-0.2, 0) is 0 Å². The molecule has 0 radical (unpaired) electrons. The second-order valence-electron chi connectivity index (χ2n) is 5.48. The average Bonchev–Trinajstić information content (AvgIpc) is 2.59. The number of halogens is 1. The van der Waals surface area contributed by atoms with Crippen LogP contribution < -0.4 is 16.0 Å². The largest absolute Gasteiger partial charge is 0.355 e. The molecule has 6 nitrogen and oxygen atoms in total. The molecule has 1 aromatic heterocycles. The first kappa shape index (κ1) is 19.7. The van der Waals surface area contributed by atoms with Crippen LogP contribution in [0.1, 0.15) is 42.5 Å². The van der Waals surface area contributed by atoms with Crippen LogP contribution in [0.2, 0.25) is 0 Å². The molecule has 1 heterocycles. The van der Waals surface area contributed by atoms with Crippen molar-refractivity contribution >= 4 is 35.8 Å². The molecule has 23 heavy (non-hydrogen) atoms. The summed E-state index contributed by atoms with van der Waals surface area (Å²) in [6, 6.07) is 4.02. The smallest absolute Gasteiger partial charge is 0.252 e. The molecule has 0 aromatic carbocycles. The Morgan fingerprint density at radius 1 is 1.26 bits per heavy atom. The van der Waals surface area contributed by atoms with E-state index in [9.17, 15) is 4.79 Å². The van der Waals surface area contributed by atoms with Crippen molar-refractivity contribution < 1.29 is 4.79 Å². The number of aromatic nitrogens is 1. The van der Waals surface area contributed by atoms with Crippen molar-refractivity contribution in [2.24, 2.45) is 4.99 Å². The van der Waals surface area contributed by atoms with Gasteiger partial charge in [-0.2, -0.15) is 0 Å². The fourth-order valence-electron chi connectivity index (χ4n) is 2.59. The standard InChI is InChI=1S/C16H25N5O.HI/c1-17-16(21-14-7-3-2-4-8-14)20-11-10-19-15(22)13-6-5-9-18-12-13;/h5-6,9,12,14H,2-4,7-8,10-11H2,1H3,(H,19,22)(H2,17,20,21);1H. The highest BCUT2D eigenvalue weighted by Crippen LogP contribution is 2.17. The van der Waals surface area contributed by atoms with Crippen molar-refractivity contribution in [1.29, 1.82) is 0 Å². The van der Waals surface area contributed by atoms with Gasteiger partial charge in [0.05, 0.1) is 5.56 Å². The number of guanidine groups is 1. The van der Waals surface area contributed by atoms with Crippen LogP contribution in [0.3, 0.4) is 0 Å². The van der Waals surface area contributed by atoms with Gasteiger partial charge in [0.25, 0.3) is 5.91 Å². The lowest BCUT2D eigenvalue weighted by Gasteiger charge is -2.24. The van der Waals surface area contributed by atoms with Crippen LogP contribution >= 0.6 is 24.0 Å². The molecule has 1 fully saturated rings. The third kappa shape index (κ3) is 7.15. The molecule has 0 unspecified atom stereocenters. The number of carbonyl (C=O) groups is 1. The third-order valence-corrected chi connectivity index (χ3v) is 3.80. The number of carbonyl (C=O) groups excluding carboxylic acids is 1. The van der Waals surface area contributed by atoms with Gasteiger partial charge in [0, 0.05) is 38.6 Å². The van der Waals surface area contributed by atoms with Crippen molar-refractivity contribution in [1.82, 2.24) is 20.9 Å². The molecule has 0 bridgehead atoms. The zero-order valence-electron chi connectivity index (χ0n) is 13.5. The number of rotatable bonds is 5. The predicted molar refractivity (Wildman–Crippen MR) is 103 cm³/mol. The summed E-state index contributed by atoms with van der Waals surface area (Å²) in [5.74, 6) is 0.702. The molecule has 0 atom stereocenters. The zero-order valence-corrected chi connectivity index (χ0v) is 15.9. The summed E-state index contributed by atoms with van der Waals surface area (Å²) in [5, 5.41) is 9.53. The Balaban J connectivity index is 0.00000264. The average molecular weight is 431 g/mol. The number of hydrogen-bond acceptors (Lipinski definition) is 3. The van der Waals surface area contributed by atoms with E-state index in [0.29, 0.717) is 24.7 Å². The van der Waals surface area contributed by atoms with E-state index in [0.717, 1.165) is 5.96 Å². The molecule has 3 N–H and O–H groups in total. The van der Waals surface area contributed by atoms with E-state index in [1.807, 2.05) is 0 Å². The molecule has 1 amide bonds. The van der Waals surface area contributed by atoms with E-state index in [2.05, 4.69) is 25.9 Å². The molecule has 0 saturated heterocycles. The molecule has 0 aliphatic heterocycles. The summed E-state index contributed by atoms with van der Waals surface area (Å²) in [7, 11) is 1.77. The molecule has 1 saturated carbocycles. The molecule has 128 valence electrons. The topological polar surface area (TPSA) is 78.4 Å². The minimum atomic E-state index is -0.106. The Morgan fingerprint density at radius 3 is 2.65 bits per heavy atom. The number of nitrogens with one attached hydrogen (secondary N) is 3. The monoisotopic (exact) mass is 431 g/mol. The van der Waals surface area contributed by atoms with Crippen molar-refractivity contribution in [3.63, 3.8) is 0 Å². The van der Waals surface area contributed by atoms with E-state index >= 15 is 0 Å². The lowest BCUT2D eigenvalue weighted by atomic mass is 9.96. The quantitative estimate of drug-likeness (QED) is 0.288. The summed E-state index contributed by atoms with van der Waals surface area (Å²) in [4.78, 5) is 20.0. The molecule has 2 rings (SSSR count). The molecule has 1 aliphatic rings. The van der Waals surface area contributed by atoms with E-state index in [1.54, 1.807) is 31.6 Å². The number of pyridine rings is 1. The fraction of sp³-hybridized carbons (Fsp3) is 0.562. The highest BCUT2D eigenvalue weighted by molar-refractivity contribution is 14.0. The van der Waals surface area contributed by atoms with Crippen molar-refractivity contribution in [3.05, 3.63) is 30.1 Å². The second-order valence-corrected chi connectivity index (χ2v) is 5.48. The van der Waals surface area contributed by atoms with Gasteiger partial charge in [-0.1, -0.05) is 19.3 Å². The van der Waals surface area contributed by atoms with Gasteiger partial charge in [-0.3, -0.25) is 14.8 Å². The Morgan fingerprint density at radius 2 is 2.00 bits per heavy atom. The second kappa shape index (κ2) is 11.2. The summed E-state index contributed by atoms with van der Waals surface area (Å²) in [6.45, 7) is 1.18. The highest BCUT2D eigenvalue weighted by Gasteiger charge is 2.14. The Bertz CT molecular complexity index is 489. The van der Waals surface area contributed by atoms with Crippen LogP contribution in [-0.4, -0.2) is 43.0 Å². The molecular weight excluding hydrogens is 405 g/mol. The molecule has 1 aromatic rings. The Hall–Kier alpha value is -1.38. The summed E-state index contributed by atoms with van der Waals surface area (Å²) in [6.07, 6.45) is 9.54. The van der Waals surface area contributed by atoms with E-state index in [4.69, 9.17) is 0 Å². The maximum Gasteiger partial charge on any atom is 0.252 e. The lowest BCUT2D eigenvalue weighted by molar-refractivity contribution is 0.0954. The number of amides is 1. The van der Waals surface area contributed by atoms with Gasteiger partial charge in [-0.05, 0) is 25.0 Å². The van der Waals surface area contributed by atoms with Crippen LogP contribution in [0.4, 0.5) is 0 Å². The van der Waals surface area contributed by atoms with E-state index in [1.165, 1.54) is 32.1 Å². The van der Waals surface area contributed by atoms with E-state index in [-0.39, 0.29) is 29.9 Å². The van der Waals surface area contributed by atoms with Gasteiger partial charge in [-0.15, -0.1) is 24.0 Å². The van der Waals surface area contributed by atoms with Crippen molar-refractivity contribution in [3.8, 4) is 0 Å².